The highest BCUT2D eigenvalue weighted by Gasteiger charge is 2.17. The molecule has 0 saturated carbocycles. The molecule has 0 atom stereocenters. The molecule has 1 fully saturated rings. The molecule has 1 N–H and O–H groups in total. The van der Waals surface area contributed by atoms with Crippen molar-refractivity contribution in [1.29, 1.82) is 0 Å². The van der Waals surface area contributed by atoms with E-state index in [9.17, 15) is 0 Å². The second kappa shape index (κ2) is 25.2. The minimum absolute atomic E-state index is 0. The van der Waals surface area contributed by atoms with Crippen LogP contribution in [0.1, 0.15) is 29.1 Å². The van der Waals surface area contributed by atoms with Gasteiger partial charge in [0.05, 0.1) is 0 Å². The summed E-state index contributed by atoms with van der Waals surface area (Å²) >= 11 is 15.6. The van der Waals surface area contributed by atoms with Crippen molar-refractivity contribution in [3.05, 3.63) is 221 Å². The molecule has 0 spiro atoms. The van der Waals surface area contributed by atoms with Gasteiger partial charge in [0.25, 0.3) is 0 Å². The van der Waals surface area contributed by atoms with E-state index in [0.29, 0.717) is 18.5 Å². The monoisotopic (exact) mass is 969 g/mol. The van der Waals surface area contributed by atoms with Gasteiger partial charge in [0.2, 0.25) is 0 Å². The Morgan fingerprint density at radius 2 is 0.742 bits per heavy atom. The SMILES string of the molecule is Brc1c(-c2ccccc2)c2ccccc2c2ccccc12.C.C.C1CCOC1.Clc1ccc(-c2c(-c3ccccc3)c3ccccc3c3ccccc23)cc1.O[B]Oc1ccc(Cl)cc1.[2HH].[B]. The number of fused-ring (bicyclic) bond motifs is 6. The second-order valence-electron chi connectivity index (χ2n) is 14.9. The minimum Gasteiger partial charge on any atom is -0.537 e. The fourth-order valence-corrected chi connectivity index (χ4v) is 9.07. The normalized spacial score (nSPS) is 11.3. The van der Waals surface area contributed by atoms with Crippen LogP contribution in [0.15, 0.2) is 211 Å². The fraction of sp³-hybridized carbons (Fsp3) is 0.103. The standard InChI is InChI=1S/C26H17Cl.C20H13Br.C6H5BClO2.C4H8O.2CH4.B.H2/c27-20-16-14-19(15-17-20)26-24-13-7-5-11-22(24)21-10-4-6-12-23(21)25(26)18-8-2-1-3-9-18;21-20-18-13-7-5-11-16(18)15-10-4-6-12-17(15)19(20)14-8-2-1-3-9-14;8-5-1-3-6(4-2-5)10-7-9;1-2-4-5-3-1;;;;/h1-17H;1-13H;1-4,9H;1-4H2;2*1H4;;1H/i;;;;;;;1+1. The van der Waals surface area contributed by atoms with Crippen LogP contribution < -0.4 is 4.65 Å². The molecule has 0 aromatic heterocycles. The van der Waals surface area contributed by atoms with Gasteiger partial charge in [-0.1, -0.05) is 208 Å². The number of hydrogen-bond acceptors (Lipinski definition) is 3. The number of benzene rings is 10. The van der Waals surface area contributed by atoms with Gasteiger partial charge in [0, 0.05) is 43.1 Å². The first-order chi connectivity index (χ1) is 31.0. The average molecular weight is 971 g/mol. The molecule has 1 heterocycles. The van der Waals surface area contributed by atoms with E-state index >= 15 is 0 Å². The zero-order chi connectivity index (χ0) is 43.4. The summed E-state index contributed by atoms with van der Waals surface area (Å²) in [5.41, 5.74) is 7.44. The lowest BCUT2D eigenvalue weighted by atomic mass is 9.85. The quantitative estimate of drug-likeness (QED) is 0.138. The van der Waals surface area contributed by atoms with Gasteiger partial charge in [-0.15, -0.1) is 0 Å². The Kier molecular flexibility index (Phi) is 19.5. The van der Waals surface area contributed by atoms with E-state index in [2.05, 4.69) is 190 Å². The average Bonchev–Trinajstić information content (AvgIpc) is 3.95. The fourth-order valence-electron chi connectivity index (χ4n) is 8.03. The molecule has 0 amide bonds. The van der Waals surface area contributed by atoms with Gasteiger partial charge >= 0.3 is 7.69 Å². The lowest BCUT2D eigenvalue weighted by Crippen LogP contribution is -1.98. The highest BCUT2D eigenvalue weighted by atomic mass is 79.9. The predicted molar refractivity (Wildman–Crippen MR) is 293 cm³/mol. The Hall–Kier alpha value is -5.85. The molecule has 66 heavy (non-hydrogen) atoms. The van der Waals surface area contributed by atoms with Gasteiger partial charge in [0.1, 0.15) is 5.75 Å². The summed E-state index contributed by atoms with van der Waals surface area (Å²) in [5, 5.41) is 19.8. The molecular weight excluding hydrogens is 917 g/mol. The van der Waals surface area contributed by atoms with Crippen LogP contribution in [0, 0.1) is 0 Å². The van der Waals surface area contributed by atoms with Gasteiger partial charge in [-0.3, -0.25) is 0 Å². The van der Waals surface area contributed by atoms with E-state index in [1.165, 1.54) is 93.8 Å². The smallest absolute Gasteiger partial charge is 0.537 e. The van der Waals surface area contributed by atoms with E-state index < -0.39 is 0 Å². The van der Waals surface area contributed by atoms with Gasteiger partial charge in [-0.25, -0.2) is 0 Å². The molecule has 4 radical (unpaired) electrons. The molecule has 1 aliphatic rings. The molecule has 11 rings (SSSR count). The van der Waals surface area contributed by atoms with Gasteiger partial charge in [0.15, 0.2) is 0 Å². The van der Waals surface area contributed by atoms with Crippen LogP contribution in [0.3, 0.4) is 0 Å². The van der Waals surface area contributed by atoms with E-state index in [0.717, 1.165) is 18.2 Å². The van der Waals surface area contributed by atoms with Crippen LogP contribution in [-0.4, -0.2) is 34.3 Å². The molecule has 0 aliphatic carbocycles. The van der Waals surface area contributed by atoms with Crippen LogP contribution in [0.4, 0.5) is 0 Å². The third kappa shape index (κ3) is 11.9. The molecule has 1 aliphatic heterocycles. The Bertz CT molecular complexity index is 3070. The largest absolute Gasteiger partial charge is 0.569 e. The summed E-state index contributed by atoms with van der Waals surface area (Å²) in [6, 6.07) is 70.6. The Labute approximate surface area is 412 Å². The van der Waals surface area contributed by atoms with Crippen molar-refractivity contribution in [3.63, 3.8) is 0 Å². The van der Waals surface area contributed by atoms with Crippen molar-refractivity contribution in [2.45, 2.75) is 27.7 Å². The van der Waals surface area contributed by atoms with Crippen LogP contribution in [-0.2, 0) is 4.74 Å². The number of ether oxygens (including phenoxy) is 1. The Balaban J connectivity index is 0.000000217. The topological polar surface area (TPSA) is 38.7 Å². The first kappa shape index (κ1) is 51.1. The predicted octanol–water partition coefficient (Wildman–Crippen LogP) is 17.6. The molecule has 8 heteroatoms. The van der Waals surface area contributed by atoms with Crippen molar-refractivity contribution >= 4 is 98.3 Å². The first-order valence-corrected chi connectivity index (χ1v) is 22.4. The van der Waals surface area contributed by atoms with Crippen molar-refractivity contribution in [1.82, 2.24) is 0 Å². The van der Waals surface area contributed by atoms with E-state index in [1.807, 2.05) is 12.1 Å². The van der Waals surface area contributed by atoms with Crippen molar-refractivity contribution in [2.75, 3.05) is 13.2 Å². The molecule has 10 aromatic carbocycles. The Morgan fingerprint density at radius 1 is 0.424 bits per heavy atom. The Morgan fingerprint density at radius 3 is 1.14 bits per heavy atom. The highest BCUT2D eigenvalue weighted by molar-refractivity contribution is 9.10. The van der Waals surface area contributed by atoms with E-state index in [1.54, 1.807) is 24.3 Å². The maximum absolute atomic E-state index is 8.21. The van der Waals surface area contributed by atoms with Crippen LogP contribution in [0.5, 0.6) is 5.75 Å². The molecule has 0 bridgehead atoms. The maximum Gasteiger partial charge on any atom is 0.569 e. The summed E-state index contributed by atoms with van der Waals surface area (Å²) in [7, 11) is 0.628. The third-order valence-electron chi connectivity index (χ3n) is 10.9. The van der Waals surface area contributed by atoms with Crippen molar-refractivity contribution < 1.29 is 15.8 Å². The lowest BCUT2D eigenvalue weighted by Gasteiger charge is -2.18. The second-order valence-corrected chi connectivity index (χ2v) is 16.5. The summed E-state index contributed by atoms with van der Waals surface area (Å²) in [6.45, 7) is 2.00. The third-order valence-corrected chi connectivity index (χ3v) is 12.2. The summed E-state index contributed by atoms with van der Waals surface area (Å²) in [4.78, 5) is 0. The summed E-state index contributed by atoms with van der Waals surface area (Å²) in [6.07, 6.45) is 2.56. The van der Waals surface area contributed by atoms with Crippen LogP contribution in [0.2, 0.25) is 10.0 Å². The molecule has 3 nitrogen and oxygen atoms in total. The van der Waals surface area contributed by atoms with Gasteiger partial charge in [-0.05, 0) is 136 Å². The molecule has 330 valence electrons. The number of rotatable bonds is 5. The molecule has 1 saturated heterocycles. The molecule has 10 aromatic rings. The van der Waals surface area contributed by atoms with Gasteiger partial charge < -0.3 is 14.4 Å². The van der Waals surface area contributed by atoms with Gasteiger partial charge in [-0.2, -0.15) is 0 Å². The summed E-state index contributed by atoms with van der Waals surface area (Å²) in [5.74, 6) is 0.562. The van der Waals surface area contributed by atoms with E-state index in [4.69, 9.17) is 33.0 Å². The van der Waals surface area contributed by atoms with Crippen LogP contribution >= 0.6 is 39.1 Å². The van der Waals surface area contributed by atoms with E-state index in [-0.39, 0.29) is 24.7 Å². The summed E-state index contributed by atoms with van der Waals surface area (Å²) < 4.78 is 10.7. The highest BCUT2D eigenvalue weighted by Crippen LogP contribution is 2.45. The molecular formula is C58H53B2BrCl2O3. The first-order valence-electron chi connectivity index (χ1n) is 20.9. The van der Waals surface area contributed by atoms with Crippen molar-refractivity contribution in [2.24, 2.45) is 0 Å². The van der Waals surface area contributed by atoms with Crippen LogP contribution in [0.25, 0.3) is 76.5 Å². The zero-order valence-corrected chi connectivity index (χ0v) is 38.1. The lowest BCUT2D eigenvalue weighted by molar-refractivity contribution is 0.198. The zero-order valence-electron chi connectivity index (χ0n) is 35.0. The van der Waals surface area contributed by atoms with Crippen molar-refractivity contribution in [3.8, 4) is 39.1 Å². The minimum atomic E-state index is 0. The number of hydrogen-bond donors (Lipinski definition) is 1. The molecule has 0 unspecified atom stereocenters. The maximum atomic E-state index is 8.21. The number of halogens is 3.